The van der Waals surface area contributed by atoms with Crippen LogP contribution in [0.3, 0.4) is 0 Å². The summed E-state index contributed by atoms with van der Waals surface area (Å²) >= 11 is 6.11. The first-order valence-electron chi connectivity index (χ1n) is 7.23. The zero-order valence-electron chi connectivity index (χ0n) is 12.8. The van der Waals surface area contributed by atoms with Crippen molar-refractivity contribution in [3.63, 3.8) is 0 Å². The van der Waals surface area contributed by atoms with Crippen molar-refractivity contribution in [3.05, 3.63) is 40.7 Å². The van der Waals surface area contributed by atoms with Crippen LogP contribution in [-0.2, 0) is 13.5 Å². The van der Waals surface area contributed by atoms with Crippen LogP contribution in [0.2, 0.25) is 5.02 Å². The van der Waals surface area contributed by atoms with Gasteiger partial charge in [-0.2, -0.15) is 4.80 Å². The Kier molecular flexibility index (Phi) is 5.70. The lowest BCUT2D eigenvalue weighted by Crippen LogP contribution is -2.26. The zero-order chi connectivity index (χ0) is 15.2. The molecular formula is C15H22ClN5. The second-order valence-corrected chi connectivity index (χ2v) is 6.14. The highest BCUT2D eigenvalue weighted by Crippen LogP contribution is 2.22. The topological polar surface area (TPSA) is 55.6 Å². The van der Waals surface area contributed by atoms with Crippen LogP contribution in [0, 0.1) is 5.92 Å². The fourth-order valence-corrected chi connectivity index (χ4v) is 2.44. The lowest BCUT2D eigenvalue weighted by atomic mass is 9.95. The number of rotatable bonds is 7. The molecule has 2 aromatic rings. The molecule has 0 saturated heterocycles. The Bertz CT molecular complexity index is 567. The standard InChI is InChI=1S/C15H22ClN5/c1-11(2)9-17-10-13(8-15-18-20-21(3)19-15)12-5-4-6-14(16)7-12/h4-7,11,13,17H,8-10H2,1-3H3. The van der Waals surface area contributed by atoms with Gasteiger partial charge in [0.15, 0.2) is 5.82 Å². The third kappa shape index (κ3) is 5.10. The second-order valence-electron chi connectivity index (χ2n) is 5.70. The number of aromatic nitrogens is 4. The maximum atomic E-state index is 6.11. The van der Waals surface area contributed by atoms with Crippen molar-refractivity contribution in [2.45, 2.75) is 26.2 Å². The number of tetrazole rings is 1. The van der Waals surface area contributed by atoms with Crippen molar-refractivity contribution in [1.82, 2.24) is 25.5 Å². The minimum absolute atomic E-state index is 0.284. The number of benzene rings is 1. The molecule has 114 valence electrons. The third-order valence-corrected chi connectivity index (χ3v) is 3.48. The van der Waals surface area contributed by atoms with E-state index in [1.54, 1.807) is 7.05 Å². The Morgan fingerprint density at radius 1 is 1.29 bits per heavy atom. The molecule has 0 bridgehead atoms. The SMILES string of the molecule is CC(C)CNCC(Cc1nnn(C)n1)c1cccc(Cl)c1. The fraction of sp³-hybridized carbons (Fsp3) is 0.533. The summed E-state index contributed by atoms with van der Waals surface area (Å²) in [5, 5.41) is 16.5. The molecule has 0 saturated carbocycles. The molecule has 6 heteroatoms. The van der Waals surface area contributed by atoms with Crippen molar-refractivity contribution in [1.29, 1.82) is 0 Å². The molecule has 21 heavy (non-hydrogen) atoms. The van der Waals surface area contributed by atoms with Crippen molar-refractivity contribution < 1.29 is 0 Å². The van der Waals surface area contributed by atoms with E-state index in [1.807, 2.05) is 18.2 Å². The predicted octanol–water partition coefficient (Wildman–Crippen LogP) is 2.44. The average molecular weight is 308 g/mol. The van der Waals surface area contributed by atoms with Crippen LogP contribution in [0.4, 0.5) is 0 Å². The highest BCUT2D eigenvalue weighted by molar-refractivity contribution is 6.30. The number of hydrogen-bond acceptors (Lipinski definition) is 4. The van der Waals surface area contributed by atoms with Crippen molar-refractivity contribution in [2.24, 2.45) is 13.0 Å². The molecule has 0 aliphatic heterocycles. The van der Waals surface area contributed by atoms with Crippen LogP contribution in [0.1, 0.15) is 31.2 Å². The van der Waals surface area contributed by atoms with Crippen LogP contribution in [0.15, 0.2) is 24.3 Å². The van der Waals surface area contributed by atoms with E-state index in [2.05, 4.69) is 40.6 Å². The molecule has 0 aliphatic rings. The largest absolute Gasteiger partial charge is 0.316 e. The zero-order valence-corrected chi connectivity index (χ0v) is 13.5. The first-order chi connectivity index (χ1) is 10.0. The van der Waals surface area contributed by atoms with Crippen molar-refractivity contribution >= 4 is 11.6 Å². The Morgan fingerprint density at radius 2 is 2.10 bits per heavy atom. The summed E-state index contributed by atoms with van der Waals surface area (Å²) in [7, 11) is 1.78. The van der Waals surface area contributed by atoms with Crippen LogP contribution in [0.25, 0.3) is 0 Å². The molecule has 1 aromatic carbocycles. The van der Waals surface area contributed by atoms with Gasteiger partial charge in [-0.05, 0) is 35.4 Å². The van der Waals surface area contributed by atoms with E-state index in [0.29, 0.717) is 5.92 Å². The number of nitrogens with one attached hydrogen (secondary N) is 1. The molecule has 0 aliphatic carbocycles. The second kappa shape index (κ2) is 7.52. The first-order valence-corrected chi connectivity index (χ1v) is 7.61. The molecule has 1 atom stereocenters. The van der Waals surface area contributed by atoms with Gasteiger partial charge in [-0.25, -0.2) is 0 Å². The van der Waals surface area contributed by atoms with Crippen LogP contribution in [0.5, 0.6) is 0 Å². The van der Waals surface area contributed by atoms with Gasteiger partial charge in [-0.3, -0.25) is 0 Å². The molecule has 1 heterocycles. The van der Waals surface area contributed by atoms with E-state index in [-0.39, 0.29) is 5.92 Å². The van der Waals surface area contributed by atoms with Crippen LogP contribution < -0.4 is 5.32 Å². The summed E-state index contributed by atoms with van der Waals surface area (Å²) in [5.41, 5.74) is 1.20. The highest BCUT2D eigenvalue weighted by Gasteiger charge is 2.16. The van der Waals surface area contributed by atoms with Gasteiger partial charge in [0.2, 0.25) is 0 Å². The monoisotopic (exact) mass is 307 g/mol. The number of aryl methyl sites for hydroxylation is 1. The number of halogens is 1. The summed E-state index contributed by atoms with van der Waals surface area (Å²) in [6.07, 6.45) is 0.749. The number of nitrogens with zero attached hydrogens (tertiary/aromatic N) is 4. The molecule has 0 fully saturated rings. The van der Waals surface area contributed by atoms with Crippen LogP contribution >= 0.6 is 11.6 Å². The van der Waals surface area contributed by atoms with Gasteiger partial charge in [-0.1, -0.05) is 37.6 Å². The smallest absolute Gasteiger partial charge is 0.175 e. The van der Waals surface area contributed by atoms with E-state index in [9.17, 15) is 0 Å². The lowest BCUT2D eigenvalue weighted by Gasteiger charge is -2.18. The predicted molar refractivity (Wildman–Crippen MR) is 84.4 cm³/mol. The molecule has 0 radical (unpaired) electrons. The molecule has 2 rings (SSSR count). The molecule has 5 nitrogen and oxygen atoms in total. The number of hydrogen-bond donors (Lipinski definition) is 1. The Hall–Kier alpha value is -1.46. The minimum Gasteiger partial charge on any atom is -0.316 e. The summed E-state index contributed by atoms with van der Waals surface area (Å²) < 4.78 is 0. The van der Waals surface area contributed by atoms with E-state index < -0.39 is 0 Å². The van der Waals surface area contributed by atoms with Gasteiger partial charge in [-0.15, -0.1) is 10.2 Å². The Morgan fingerprint density at radius 3 is 2.71 bits per heavy atom. The highest BCUT2D eigenvalue weighted by atomic mass is 35.5. The van der Waals surface area contributed by atoms with E-state index >= 15 is 0 Å². The van der Waals surface area contributed by atoms with Crippen molar-refractivity contribution in [3.8, 4) is 0 Å². The molecule has 0 spiro atoms. The van der Waals surface area contributed by atoms with Gasteiger partial charge in [0, 0.05) is 23.9 Å². The van der Waals surface area contributed by atoms with Crippen molar-refractivity contribution in [2.75, 3.05) is 13.1 Å². The van der Waals surface area contributed by atoms with Gasteiger partial charge in [0.05, 0.1) is 7.05 Å². The lowest BCUT2D eigenvalue weighted by molar-refractivity contribution is 0.509. The molecule has 1 unspecified atom stereocenters. The van der Waals surface area contributed by atoms with E-state index in [0.717, 1.165) is 30.4 Å². The minimum atomic E-state index is 0.284. The summed E-state index contributed by atoms with van der Waals surface area (Å²) in [4.78, 5) is 1.49. The summed E-state index contributed by atoms with van der Waals surface area (Å²) in [5.74, 6) is 1.67. The summed E-state index contributed by atoms with van der Waals surface area (Å²) in [6, 6.07) is 7.99. The maximum Gasteiger partial charge on any atom is 0.175 e. The van der Waals surface area contributed by atoms with E-state index in [1.165, 1.54) is 10.4 Å². The van der Waals surface area contributed by atoms with Gasteiger partial charge in [0.25, 0.3) is 0 Å². The molecule has 1 N–H and O–H groups in total. The van der Waals surface area contributed by atoms with Gasteiger partial charge < -0.3 is 5.32 Å². The first kappa shape index (κ1) is 15.9. The summed E-state index contributed by atoms with van der Waals surface area (Å²) in [6.45, 7) is 6.26. The van der Waals surface area contributed by atoms with Gasteiger partial charge >= 0.3 is 0 Å². The quantitative estimate of drug-likeness (QED) is 0.853. The maximum absolute atomic E-state index is 6.11. The van der Waals surface area contributed by atoms with Gasteiger partial charge in [0.1, 0.15) is 0 Å². The molecular weight excluding hydrogens is 286 g/mol. The third-order valence-electron chi connectivity index (χ3n) is 3.24. The Labute approximate surface area is 130 Å². The van der Waals surface area contributed by atoms with E-state index in [4.69, 9.17) is 11.6 Å². The normalized spacial score (nSPS) is 12.8. The molecule has 1 aromatic heterocycles. The van der Waals surface area contributed by atoms with Crippen LogP contribution in [-0.4, -0.2) is 33.3 Å². The average Bonchev–Trinajstić information content (AvgIpc) is 2.83. The Balaban J connectivity index is 2.09. The molecule has 0 amide bonds. The fourth-order valence-electron chi connectivity index (χ4n) is 2.24.